The maximum atomic E-state index is 11.7. The van der Waals surface area contributed by atoms with Crippen molar-refractivity contribution in [3.05, 3.63) is 60.2 Å². The highest BCUT2D eigenvalue weighted by Crippen LogP contribution is 2.25. The van der Waals surface area contributed by atoms with E-state index in [2.05, 4.69) is 5.32 Å². The molecule has 0 bridgehead atoms. The number of sulfone groups is 1. The Hall–Kier alpha value is -2.18. The fraction of sp³-hybridized carbons (Fsp3) is 0.316. The van der Waals surface area contributed by atoms with Crippen LogP contribution < -0.4 is 5.32 Å². The summed E-state index contributed by atoms with van der Waals surface area (Å²) in [5.74, 6) is -1.15. The highest BCUT2D eigenvalue weighted by Gasteiger charge is 2.43. The van der Waals surface area contributed by atoms with Crippen LogP contribution in [0.25, 0.3) is 11.1 Å². The zero-order valence-corrected chi connectivity index (χ0v) is 14.6. The van der Waals surface area contributed by atoms with E-state index in [4.69, 9.17) is 0 Å². The van der Waals surface area contributed by atoms with Crippen molar-refractivity contribution >= 4 is 15.8 Å². The number of benzene rings is 2. The first kappa shape index (κ1) is 17.6. The molecule has 1 aliphatic rings. The summed E-state index contributed by atoms with van der Waals surface area (Å²) in [6.45, 7) is 0.390. The Morgan fingerprint density at radius 3 is 2.08 bits per heavy atom. The van der Waals surface area contributed by atoms with Crippen LogP contribution in [0.4, 0.5) is 0 Å². The molecular formula is C19H21NO4S. The Kier molecular flexibility index (Phi) is 4.92. The van der Waals surface area contributed by atoms with Crippen molar-refractivity contribution in [1.82, 2.24) is 5.32 Å². The molecule has 6 heteroatoms. The van der Waals surface area contributed by atoms with Gasteiger partial charge in [-0.1, -0.05) is 54.6 Å². The average Bonchev–Trinajstić information content (AvgIpc) is 2.62. The Morgan fingerprint density at radius 1 is 0.960 bits per heavy atom. The summed E-state index contributed by atoms with van der Waals surface area (Å²) in [6, 6.07) is 17.9. The van der Waals surface area contributed by atoms with Gasteiger partial charge in [0.25, 0.3) is 0 Å². The summed E-state index contributed by atoms with van der Waals surface area (Å²) < 4.78 is 23.2. The normalized spacial score (nSPS) is 18.6. The third kappa shape index (κ3) is 4.08. The van der Waals surface area contributed by atoms with E-state index in [0.29, 0.717) is 6.54 Å². The molecule has 1 aliphatic heterocycles. The summed E-state index contributed by atoms with van der Waals surface area (Å²) in [4.78, 5) is 11.7. The molecule has 0 saturated carbocycles. The second-order valence-electron chi connectivity index (χ2n) is 6.46. The van der Waals surface area contributed by atoms with Gasteiger partial charge in [0.2, 0.25) is 0 Å². The summed E-state index contributed by atoms with van der Waals surface area (Å²) in [5, 5.41) is 12.7. The number of carboxylic acids is 1. The molecule has 1 saturated heterocycles. The third-order valence-corrected chi connectivity index (χ3v) is 6.43. The topological polar surface area (TPSA) is 83.5 Å². The van der Waals surface area contributed by atoms with Gasteiger partial charge in [0.05, 0.1) is 11.5 Å². The van der Waals surface area contributed by atoms with Crippen molar-refractivity contribution in [2.75, 3.05) is 11.5 Å². The number of hydrogen-bond acceptors (Lipinski definition) is 4. The minimum Gasteiger partial charge on any atom is -0.480 e. The lowest BCUT2D eigenvalue weighted by Gasteiger charge is -2.34. The Morgan fingerprint density at radius 2 is 1.52 bits per heavy atom. The van der Waals surface area contributed by atoms with Gasteiger partial charge in [0.1, 0.15) is 15.4 Å². The molecule has 0 atom stereocenters. The second-order valence-corrected chi connectivity index (χ2v) is 8.76. The van der Waals surface area contributed by atoms with Gasteiger partial charge in [0.15, 0.2) is 0 Å². The van der Waals surface area contributed by atoms with E-state index in [1.54, 1.807) is 0 Å². The quantitative estimate of drug-likeness (QED) is 0.857. The lowest BCUT2D eigenvalue weighted by atomic mass is 9.92. The van der Waals surface area contributed by atoms with Gasteiger partial charge in [-0.15, -0.1) is 0 Å². The van der Waals surface area contributed by atoms with E-state index >= 15 is 0 Å². The van der Waals surface area contributed by atoms with Crippen LogP contribution in [0.3, 0.4) is 0 Å². The molecule has 0 spiro atoms. The van der Waals surface area contributed by atoms with Gasteiger partial charge in [-0.3, -0.25) is 10.1 Å². The highest BCUT2D eigenvalue weighted by atomic mass is 32.2. The molecule has 1 heterocycles. The highest BCUT2D eigenvalue weighted by molar-refractivity contribution is 7.91. The van der Waals surface area contributed by atoms with Crippen molar-refractivity contribution in [1.29, 1.82) is 0 Å². The van der Waals surface area contributed by atoms with Crippen LogP contribution in [0.1, 0.15) is 18.4 Å². The van der Waals surface area contributed by atoms with E-state index in [1.165, 1.54) is 0 Å². The first-order valence-corrected chi connectivity index (χ1v) is 10.1. The predicted molar refractivity (Wildman–Crippen MR) is 97.0 cm³/mol. The van der Waals surface area contributed by atoms with Gasteiger partial charge >= 0.3 is 5.97 Å². The standard InChI is InChI=1S/C19H21NO4S/c21-18(22)19(10-12-25(23,24)13-11-19)20-14-15-6-8-17(9-7-15)16-4-2-1-3-5-16/h1-9,20H,10-14H2,(H,21,22). The number of rotatable bonds is 5. The van der Waals surface area contributed by atoms with E-state index in [1.807, 2.05) is 54.6 Å². The monoisotopic (exact) mass is 359 g/mol. The van der Waals surface area contributed by atoms with Crippen LogP contribution in [-0.4, -0.2) is 36.5 Å². The second kappa shape index (κ2) is 6.98. The summed E-state index contributed by atoms with van der Waals surface area (Å²) in [5.41, 5.74) is 2.03. The molecule has 0 aromatic heterocycles. The van der Waals surface area contributed by atoms with Gasteiger partial charge in [0, 0.05) is 6.54 Å². The lowest BCUT2D eigenvalue weighted by Crippen LogP contribution is -2.56. The molecule has 0 amide bonds. The van der Waals surface area contributed by atoms with Gasteiger partial charge in [-0.25, -0.2) is 8.42 Å². The fourth-order valence-corrected chi connectivity index (χ4v) is 4.59. The van der Waals surface area contributed by atoms with E-state index in [0.717, 1.165) is 16.7 Å². The van der Waals surface area contributed by atoms with Crippen molar-refractivity contribution < 1.29 is 18.3 Å². The fourth-order valence-electron chi connectivity index (χ4n) is 3.07. The molecule has 5 nitrogen and oxygen atoms in total. The summed E-state index contributed by atoms with van der Waals surface area (Å²) >= 11 is 0. The number of aliphatic carboxylic acids is 1. The van der Waals surface area contributed by atoms with Crippen LogP contribution >= 0.6 is 0 Å². The van der Waals surface area contributed by atoms with E-state index in [-0.39, 0.29) is 24.3 Å². The van der Waals surface area contributed by atoms with Gasteiger partial charge in [-0.05, 0) is 29.5 Å². The SMILES string of the molecule is O=C(O)C1(NCc2ccc(-c3ccccc3)cc2)CCS(=O)(=O)CC1. The minimum atomic E-state index is -3.11. The largest absolute Gasteiger partial charge is 0.480 e. The smallest absolute Gasteiger partial charge is 0.323 e. The molecule has 3 rings (SSSR count). The van der Waals surface area contributed by atoms with Crippen LogP contribution in [-0.2, 0) is 21.2 Å². The first-order valence-electron chi connectivity index (χ1n) is 8.23. The Bertz CT molecular complexity index is 831. The summed E-state index contributed by atoms with van der Waals surface area (Å²) in [6.07, 6.45) is 0.208. The molecule has 0 unspecified atom stereocenters. The van der Waals surface area contributed by atoms with E-state index < -0.39 is 21.3 Å². The molecule has 0 aliphatic carbocycles. The molecular weight excluding hydrogens is 338 g/mol. The molecule has 25 heavy (non-hydrogen) atoms. The molecule has 2 aromatic rings. The number of carbonyl (C=O) groups is 1. The van der Waals surface area contributed by atoms with Gasteiger partial charge < -0.3 is 5.11 Å². The minimum absolute atomic E-state index is 0.0841. The van der Waals surface area contributed by atoms with Crippen molar-refractivity contribution in [3.8, 4) is 11.1 Å². The zero-order chi connectivity index (χ0) is 17.9. The molecule has 2 aromatic carbocycles. The lowest BCUT2D eigenvalue weighted by molar-refractivity contribution is -0.145. The molecule has 2 N–H and O–H groups in total. The number of nitrogens with one attached hydrogen (secondary N) is 1. The van der Waals surface area contributed by atoms with Crippen LogP contribution in [0, 0.1) is 0 Å². The van der Waals surface area contributed by atoms with Crippen LogP contribution in [0.15, 0.2) is 54.6 Å². The Balaban J connectivity index is 1.69. The van der Waals surface area contributed by atoms with E-state index in [9.17, 15) is 18.3 Å². The van der Waals surface area contributed by atoms with Crippen LogP contribution in [0.5, 0.6) is 0 Å². The number of carboxylic acid groups (broad SMARTS) is 1. The van der Waals surface area contributed by atoms with Crippen molar-refractivity contribution in [2.24, 2.45) is 0 Å². The molecule has 0 radical (unpaired) electrons. The molecule has 1 fully saturated rings. The average molecular weight is 359 g/mol. The van der Waals surface area contributed by atoms with Gasteiger partial charge in [-0.2, -0.15) is 0 Å². The van der Waals surface area contributed by atoms with Crippen molar-refractivity contribution in [2.45, 2.75) is 24.9 Å². The summed E-state index contributed by atoms with van der Waals surface area (Å²) in [7, 11) is -3.11. The predicted octanol–water partition coefficient (Wildman–Crippen LogP) is 2.48. The van der Waals surface area contributed by atoms with Crippen molar-refractivity contribution in [3.63, 3.8) is 0 Å². The van der Waals surface area contributed by atoms with Crippen LogP contribution in [0.2, 0.25) is 0 Å². The number of hydrogen-bond donors (Lipinski definition) is 2. The maximum absolute atomic E-state index is 11.7. The first-order chi connectivity index (χ1) is 11.9. The zero-order valence-electron chi connectivity index (χ0n) is 13.8. The Labute approximate surface area is 147 Å². The molecule has 132 valence electrons. The maximum Gasteiger partial charge on any atom is 0.323 e. The third-order valence-electron chi connectivity index (χ3n) is 4.78.